The Labute approximate surface area is 122 Å². The van der Waals surface area contributed by atoms with Crippen LogP contribution in [0.5, 0.6) is 0 Å². The molecule has 1 aliphatic heterocycles. The summed E-state index contributed by atoms with van der Waals surface area (Å²) in [6, 6.07) is 5.25. The van der Waals surface area contributed by atoms with Crippen molar-refractivity contribution in [1.82, 2.24) is 5.32 Å². The number of halogens is 1. The Bertz CT molecular complexity index is 470. The quantitative estimate of drug-likeness (QED) is 0.670. The predicted octanol–water partition coefficient (Wildman–Crippen LogP) is 3.13. The molecule has 2 unspecified atom stereocenters. The highest BCUT2D eigenvalue weighted by Gasteiger charge is 2.29. The maximum atomic E-state index is 11.1. The molecule has 19 heavy (non-hydrogen) atoms. The van der Waals surface area contributed by atoms with Crippen molar-refractivity contribution in [2.45, 2.75) is 19.4 Å². The third-order valence-corrected chi connectivity index (χ3v) is 4.88. The van der Waals surface area contributed by atoms with Crippen LogP contribution in [0, 0.1) is 16.0 Å². The highest BCUT2D eigenvalue weighted by atomic mass is 35.5. The van der Waals surface area contributed by atoms with Gasteiger partial charge >= 0.3 is 0 Å². The average Bonchev–Trinajstić information content (AvgIpc) is 2.77. The van der Waals surface area contributed by atoms with E-state index >= 15 is 0 Å². The van der Waals surface area contributed by atoms with Crippen molar-refractivity contribution in [2.75, 3.05) is 18.1 Å². The van der Waals surface area contributed by atoms with Crippen LogP contribution in [0.3, 0.4) is 0 Å². The molecule has 0 radical (unpaired) electrons. The molecule has 1 aliphatic rings. The van der Waals surface area contributed by atoms with Crippen LogP contribution in [0.15, 0.2) is 18.2 Å². The highest BCUT2D eigenvalue weighted by Crippen LogP contribution is 2.31. The van der Waals surface area contributed by atoms with Gasteiger partial charge in [-0.05, 0) is 36.8 Å². The smallest absolute Gasteiger partial charge is 0.272 e. The minimum Gasteiger partial charge on any atom is -0.313 e. The van der Waals surface area contributed by atoms with E-state index in [4.69, 9.17) is 11.6 Å². The summed E-state index contributed by atoms with van der Waals surface area (Å²) in [5, 5.41) is 15.1. The molecule has 0 bridgehead atoms. The molecule has 1 fully saturated rings. The predicted molar refractivity (Wildman–Crippen MR) is 80.1 cm³/mol. The Morgan fingerprint density at radius 3 is 3.00 bits per heavy atom. The summed E-state index contributed by atoms with van der Waals surface area (Å²) in [7, 11) is 0. The molecule has 104 valence electrons. The van der Waals surface area contributed by atoms with Gasteiger partial charge in [0, 0.05) is 28.4 Å². The van der Waals surface area contributed by atoms with Crippen molar-refractivity contribution in [3.05, 3.63) is 38.9 Å². The third-order valence-electron chi connectivity index (χ3n) is 3.39. The van der Waals surface area contributed by atoms with Crippen molar-refractivity contribution < 1.29 is 4.92 Å². The molecule has 2 atom stereocenters. The summed E-state index contributed by atoms with van der Waals surface area (Å²) in [5.74, 6) is 2.55. The Hall–Kier alpha value is -0.780. The molecule has 0 aromatic heterocycles. The first-order chi connectivity index (χ1) is 9.11. The van der Waals surface area contributed by atoms with Gasteiger partial charge in [-0.3, -0.25) is 10.1 Å². The first-order valence-electron chi connectivity index (χ1n) is 6.35. The van der Waals surface area contributed by atoms with Crippen LogP contribution >= 0.6 is 23.4 Å². The second kappa shape index (κ2) is 6.59. The topological polar surface area (TPSA) is 55.2 Å². The van der Waals surface area contributed by atoms with E-state index in [2.05, 4.69) is 12.2 Å². The molecular formula is C13H17ClN2O2S. The fraction of sp³-hybridized carbons (Fsp3) is 0.538. The van der Waals surface area contributed by atoms with Crippen LogP contribution in [0.1, 0.15) is 12.5 Å². The first-order valence-corrected chi connectivity index (χ1v) is 7.89. The zero-order valence-electron chi connectivity index (χ0n) is 10.8. The number of benzene rings is 1. The summed E-state index contributed by atoms with van der Waals surface area (Å²) in [6.07, 6.45) is 0.710. The molecule has 1 N–H and O–H groups in total. The fourth-order valence-corrected chi connectivity index (χ4v) is 4.09. The van der Waals surface area contributed by atoms with E-state index < -0.39 is 0 Å². The van der Waals surface area contributed by atoms with E-state index in [0.717, 1.165) is 23.6 Å². The van der Waals surface area contributed by atoms with Gasteiger partial charge in [-0.2, -0.15) is 11.8 Å². The summed E-state index contributed by atoms with van der Waals surface area (Å²) in [5.41, 5.74) is 0.921. The second-order valence-electron chi connectivity index (χ2n) is 4.70. The normalized spacial score (nSPS) is 22.6. The molecule has 1 aromatic rings. The standard InChI is InChI=1S/C13H17ClN2O2S/c1-2-15-12-8-19-7-10(12)5-9-6-11(14)3-4-13(9)16(17)18/h3-4,6,10,12,15H,2,5,7-8H2,1H3. The van der Waals surface area contributed by atoms with Gasteiger partial charge in [0.25, 0.3) is 5.69 Å². The largest absolute Gasteiger partial charge is 0.313 e. The summed E-state index contributed by atoms with van der Waals surface area (Å²) in [6.45, 7) is 3.02. The van der Waals surface area contributed by atoms with Crippen LogP contribution < -0.4 is 5.32 Å². The number of nitro groups is 1. The molecule has 1 heterocycles. The number of rotatable bonds is 5. The average molecular weight is 301 g/mol. The van der Waals surface area contributed by atoms with E-state index in [1.807, 2.05) is 11.8 Å². The molecular weight excluding hydrogens is 284 g/mol. The van der Waals surface area contributed by atoms with Gasteiger partial charge in [-0.1, -0.05) is 18.5 Å². The fourth-order valence-electron chi connectivity index (χ4n) is 2.47. The minimum atomic E-state index is -0.323. The van der Waals surface area contributed by atoms with E-state index in [1.54, 1.807) is 12.1 Å². The van der Waals surface area contributed by atoms with E-state index in [1.165, 1.54) is 6.07 Å². The van der Waals surface area contributed by atoms with Gasteiger partial charge in [-0.15, -0.1) is 0 Å². The van der Waals surface area contributed by atoms with Crippen LogP contribution in [-0.4, -0.2) is 29.0 Å². The van der Waals surface area contributed by atoms with Crippen LogP contribution in [0.4, 0.5) is 5.69 Å². The highest BCUT2D eigenvalue weighted by molar-refractivity contribution is 7.99. The molecule has 6 heteroatoms. The Morgan fingerprint density at radius 1 is 1.53 bits per heavy atom. The lowest BCUT2D eigenvalue weighted by Crippen LogP contribution is -2.36. The lowest BCUT2D eigenvalue weighted by Gasteiger charge is -2.19. The number of hydrogen-bond donors (Lipinski definition) is 1. The van der Waals surface area contributed by atoms with E-state index in [9.17, 15) is 10.1 Å². The Kier molecular flexibility index (Phi) is 5.07. The number of nitrogens with zero attached hydrogens (tertiary/aromatic N) is 1. The van der Waals surface area contributed by atoms with Crippen molar-refractivity contribution in [2.24, 2.45) is 5.92 Å². The number of nitro benzene ring substituents is 1. The minimum absolute atomic E-state index is 0.177. The zero-order valence-corrected chi connectivity index (χ0v) is 12.3. The third kappa shape index (κ3) is 3.61. The van der Waals surface area contributed by atoms with Gasteiger partial charge in [0.05, 0.1) is 4.92 Å². The maximum absolute atomic E-state index is 11.1. The SMILES string of the molecule is CCNC1CSCC1Cc1cc(Cl)ccc1[N+](=O)[O-]. The van der Waals surface area contributed by atoms with Gasteiger partial charge in [-0.25, -0.2) is 0 Å². The molecule has 1 saturated heterocycles. The molecule has 0 amide bonds. The van der Waals surface area contributed by atoms with Crippen LogP contribution in [-0.2, 0) is 6.42 Å². The van der Waals surface area contributed by atoms with E-state index in [0.29, 0.717) is 23.4 Å². The van der Waals surface area contributed by atoms with Gasteiger partial charge in [0.1, 0.15) is 0 Å². The number of hydrogen-bond acceptors (Lipinski definition) is 4. The molecule has 1 aromatic carbocycles. The Morgan fingerprint density at radius 2 is 2.32 bits per heavy atom. The number of nitrogens with one attached hydrogen (secondary N) is 1. The molecule has 2 rings (SSSR count). The number of thioether (sulfide) groups is 1. The lowest BCUT2D eigenvalue weighted by atomic mass is 9.94. The second-order valence-corrected chi connectivity index (χ2v) is 6.21. The van der Waals surface area contributed by atoms with Gasteiger partial charge in [0.2, 0.25) is 0 Å². The van der Waals surface area contributed by atoms with E-state index in [-0.39, 0.29) is 10.6 Å². The molecule has 0 saturated carbocycles. The maximum Gasteiger partial charge on any atom is 0.272 e. The lowest BCUT2D eigenvalue weighted by molar-refractivity contribution is -0.385. The van der Waals surface area contributed by atoms with Crippen molar-refractivity contribution in [3.8, 4) is 0 Å². The van der Waals surface area contributed by atoms with Gasteiger partial charge in [0.15, 0.2) is 0 Å². The van der Waals surface area contributed by atoms with Crippen LogP contribution in [0.25, 0.3) is 0 Å². The summed E-state index contributed by atoms with van der Waals surface area (Å²) in [4.78, 5) is 10.7. The monoisotopic (exact) mass is 300 g/mol. The molecule has 0 spiro atoms. The molecule has 0 aliphatic carbocycles. The first kappa shape index (κ1) is 14.6. The molecule has 4 nitrogen and oxygen atoms in total. The van der Waals surface area contributed by atoms with Crippen molar-refractivity contribution >= 4 is 29.1 Å². The van der Waals surface area contributed by atoms with Crippen molar-refractivity contribution in [1.29, 1.82) is 0 Å². The van der Waals surface area contributed by atoms with Crippen molar-refractivity contribution in [3.63, 3.8) is 0 Å². The van der Waals surface area contributed by atoms with Crippen LogP contribution in [0.2, 0.25) is 5.02 Å². The summed E-state index contributed by atoms with van der Waals surface area (Å²) < 4.78 is 0. The summed E-state index contributed by atoms with van der Waals surface area (Å²) >= 11 is 7.86. The Balaban J connectivity index is 2.17. The van der Waals surface area contributed by atoms with Gasteiger partial charge < -0.3 is 5.32 Å². The zero-order chi connectivity index (χ0) is 13.8.